The molecule has 5 heteroatoms. The molecule has 0 saturated carbocycles. The predicted octanol–water partition coefficient (Wildman–Crippen LogP) is 6.94. The van der Waals surface area contributed by atoms with Crippen LogP contribution in [-0.2, 0) is 0 Å². The number of pyridine rings is 1. The van der Waals surface area contributed by atoms with Crippen LogP contribution in [0.3, 0.4) is 0 Å². The molecule has 0 aliphatic carbocycles. The number of para-hydroxylation sites is 1. The number of ketones is 1. The minimum Gasteiger partial charge on any atom is -0.493 e. The molecule has 4 aromatic rings. The number of allylic oxidation sites excluding steroid dienone is 1. The van der Waals surface area contributed by atoms with Gasteiger partial charge in [-0.05, 0) is 54.8 Å². The molecule has 0 radical (unpaired) electrons. The summed E-state index contributed by atoms with van der Waals surface area (Å²) in [4.78, 5) is 18.3. The molecule has 5 nitrogen and oxygen atoms in total. The molecule has 3 aromatic carbocycles. The topological polar surface area (TPSA) is 57.7 Å². The zero-order chi connectivity index (χ0) is 25.7. The molecule has 4 rings (SSSR count). The maximum Gasteiger partial charge on any atom is 0.203 e. The summed E-state index contributed by atoms with van der Waals surface area (Å²) in [7, 11) is 4.68. The monoisotopic (exact) mass is 479 g/mol. The van der Waals surface area contributed by atoms with E-state index in [1.54, 1.807) is 45.6 Å². The first kappa shape index (κ1) is 24.7. The lowest BCUT2D eigenvalue weighted by Crippen LogP contribution is -2.05. The highest BCUT2D eigenvalue weighted by Crippen LogP contribution is 2.38. The number of benzene rings is 3. The molecule has 0 aliphatic rings. The highest BCUT2D eigenvalue weighted by atomic mass is 16.5. The summed E-state index contributed by atoms with van der Waals surface area (Å²) in [6.45, 7) is 3.93. The van der Waals surface area contributed by atoms with E-state index in [1.807, 2.05) is 43.3 Å². The van der Waals surface area contributed by atoms with Crippen molar-refractivity contribution in [3.63, 3.8) is 0 Å². The second-order valence-electron chi connectivity index (χ2n) is 8.40. The van der Waals surface area contributed by atoms with Crippen LogP contribution < -0.4 is 14.2 Å². The Bertz CT molecular complexity index is 1440. The quantitative estimate of drug-likeness (QED) is 0.202. The van der Waals surface area contributed by atoms with Gasteiger partial charge in [-0.15, -0.1) is 0 Å². The van der Waals surface area contributed by atoms with Gasteiger partial charge in [-0.25, -0.2) is 0 Å². The second kappa shape index (κ2) is 10.9. The van der Waals surface area contributed by atoms with Gasteiger partial charge >= 0.3 is 0 Å². The summed E-state index contributed by atoms with van der Waals surface area (Å²) >= 11 is 0. The van der Waals surface area contributed by atoms with Gasteiger partial charge in [-0.3, -0.25) is 9.78 Å². The number of hydrogen-bond donors (Lipinski definition) is 0. The maximum absolute atomic E-state index is 13.5. The van der Waals surface area contributed by atoms with Crippen LogP contribution in [0.25, 0.3) is 29.1 Å². The number of aryl methyl sites for hydroxylation is 2. The second-order valence-corrected chi connectivity index (χ2v) is 8.40. The minimum atomic E-state index is -0.136. The number of nitrogens with zero attached hydrogens (tertiary/aromatic N) is 1. The van der Waals surface area contributed by atoms with Crippen molar-refractivity contribution in [1.29, 1.82) is 0 Å². The summed E-state index contributed by atoms with van der Waals surface area (Å²) in [6.07, 6.45) is 7.33. The Morgan fingerprint density at radius 2 is 1.44 bits per heavy atom. The van der Waals surface area contributed by atoms with Crippen LogP contribution in [0.1, 0.15) is 38.3 Å². The third-order valence-corrected chi connectivity index (χ3v) is 5.99. The molecule has 0 saturated heterocycles. The largest absolute Gasteiger partial charge is 0.493 e. The average molecular weight is 480 g/mol. The molecule has 36 heavy (non-hydrogen) atoms. The number of carbonyl (C=O) groups excluding carboxylic acids is 1. The number of ether oxygens (including phenoxy) is 3. The SMILES string of the molecule is COc1cc(/C=C/C(=O)c2c(C)nc3ccccc3c2/C=C/c2ccc(C)cc2)cc(OC)c1OC. The highest BCUT2D eigenvalue weighted by molar-refractivity contribution is 6.13. The van der Waals surface area contributed by atoms with Gasteiger partial charge in [0.15, 0.2) is 17.3 Å². The Labute approximate surface area is 211 Å². The Morgan fingerprint density at radius 3 is 2.08 bits per heavy atom. The number of methoxy groups -OCH3 is 3. The van der Waals surface area contributed by atoms with Gasteiger partial charge in [0.25, 0.3) is 0 Å². The summed E-state index contributed by atoms with van der Waals surface area (Å²) in [5, 5.41) is 0.927. The standard InChI is InChI=1S/C31H29NO4/c1-20-10-12-22(13-11-20)14-16-25-24-8-6-7-9-26(24)32-21(2)30(25)27(33)17-15-23-18-28(34-3)31(36-5)29(19-23)35-4/h6-19H,1-5H3/b16-14+,17-15+. The Kier molecular flexibility index (Phi) is 7.50. The van der Waals surface area contributed by atoms with E-state index >= 15 is 0 Å². The van der Waals surface area contributed by atoms with E-state index in [2.05, 4.69) is 31.2 Å². The summed E-state index contributed by atoms with van der Waals surface area (Å²) in [6, 6.07) is 19.7. The van der Waals surface area contributed by atoms with Crippen molar-refractivity contribution in [2.24, 2.45) is 0 Å². The molecule has 0 unspecified atom stereocenters. The zero-order valence-electron chi connectivity index (χ0n) is 21.2. The molecule has 0 aliphatic heterocycles. The van der Waals surface area contributed by atoms with Gasteiger partial charge in [0.2, 0.25) is 5.75 Å². The normalized spacial score (nSPS) is 11.4. The van der Waals surface area contributed by atoms with Gasteiger partial charge in [0.1, 0.15) is 0 Å². The van der Waals surface area contributed by atoms with E-state index in [0.717, 1.165) is 27.6 Å². The molecule has 0 fully saturated rings. The lowest BCUT2D eigenvalue weighted by Gasteiger charge is -2.13. The molecule has 0 atom stereocenters. The molecule has 0 spiro atoms. The van der Waals surface area contributed by atoms with Crippen molar-refractivity contribution in [3.05, 3.63) is 100 Å². The predicted molar refractivity (Wildman–Crippen MR) is 146 cm³/mol. The highest BCUT2D eigenvalue weighted by Gasteiger charge is 2.17. The van der Waals surface area contributed by atoms with Crippen LogP contribution in [0.5, 0.6) is 17.2 Å². The van der Waals surface area contributed by atoms with Crippen LogP contribution >= 0.6 is 0 Å². The number of rotatable bonds is 8. The summed E-state index contributed by atoms with van der Waals surface area (Å²) in [5.41, 5.74) is 5.95. The molecule has 0 bridgehead atoms. The van der Waals surface area contributed by atoms with Crippen LogP contribution in [-0.4, -0.2) is 32.1 Å². The fourth-order valence-corrected chi connectivity index (χ4v) is 4.16. The Balaban J connectivity index is 1.78. The molecule has 0 amide bonds. The van der Waals surface area contributed by atoms with Crippen LogP contribution in [0.2, 0.25) is 0 Å². The number of aromatic nitrogens is 1. The Hall–Kier alpha value is -4.38. The van der Waals surface area contributed by atoms with Gasteiger partial charge in [0, 0.05) is 11.1 Å². The molecule has 1 aromatic heterocycles. The van der Waals surface area contributed by atoms with Crippen molar-refractivity contribution < 1.29 is 19.0 Å². The number of carbonyl (C=O) groups is 1. The number of hydrogen-bond acceptors (Lipinski definition) is 5. The third kappa shape index (κ3) is 5.15. The fourth-order valence-electron chi connectivity index (χ4n) is 4.16. The minimum absolute atomic E-state index is 0.136. The molecule has 182 valence electrons. The van der Waals surface area contributed by atoms with Crippen molar-refractivity contribution in [2.45, 2.75) is 13.8 Å². The maximum atomic E-state index is 13.5. The Morgan fingerprint density at radius 1 is 0.778 bits per heavy atom. The summed E-state index contributed by atoms with van der Waals surface area (Å²) < 4.78 is 16.3. The molecular weight excluding hydrogens is 450 g/mol. The lowest BCUT2D eigenvalue weighted by atomic mass is 9.96. The fraction of sp³-hybridized carbons (Fsp3) is 0.161. The summed E-state index contributed by atoms with van der Waals surface area (Å²) in [5.74, 6) is 1.41. The van der Waals surface area contributed by atoms with Gasteiger partial charge in [-0.2, -0.15) is 0 Å². The van der Waals surface area contributed by atoms with Gasteiger partial charge in [-0.1, -0.05) is 66.3 Å². The van der Waals surface area contributed by atoms with Gasteiger partial charge < -0.3 is 14.2 Å². The van der Waals surface area contributed by atoms with E-state index in [1.165, 1.54) is 5.56 Å². The van der Waals surface area contributed by atoms with E-state index in [9.17, 15) is 4.79 Å². The van der Waals surface area contributed by atoms with Crippen molar-refractivity contribution >= 4 is 34.9 Å². The van der Waals surface area contributed by atoms with E-state index < -0.39 is 0 Å². The lowest BCUT2D eigenvalue weighted by molar-refractivity contribution is 0.104. The van der Waals surface area contributed by atoms with Crippen LogP contribution in [0.15, 0.2) is 66.7 Å². The third-order valence-electron chi connectivity index (χ3n) is 5.99. The first-order chi connectivity index (χ1) is 17.4. The molecule has 1 heterocycles. The smallest absolute Gasteiger partial charge is 0.203 e. The van der Waals surface area contributed by atoms with Crippen molar-refractivity contribution in [2.75, 3.05) is 21.3 Å². The van der Waals surface area contributed by atoms with Gasteiger partial charge in [0.05, 0.1) is 32.4 Å². The van der Waals surface area contributed by atoms with Crippen molar-refractivity contribution in [3.8, 4) is 17.2 Å². The van der Waals surface area contributed by atoms with E-state index in [-0.39, 0.29) is 5.78 Å². The molecule has 0 N–H and O–H groups in total. The zero-order valence-corrected chi connectivity index (χ0v) is 21.2. The van der Waals surface area contributed by atoms with Crippen molar-refractivity contribution in [1.82, 2.24) is 4.98 Å². The first-order valence-corrected chi connectivity index (χ1v) is 11.6. The van der Waals surface area contributed by atoms with Crippen LogP contribution in [0.4, 0.5) is 0 Å². The van der Waals surface area contributed by atoms with E-state index in [0.29, 0.717) is 28.5 Å². The van der Waals surface area contributed by atoms with E-state index in [4.69, 9.17) is 19.2 Å². The molecular formula is C31H29NO4. The van der Waals surface area contributed by atoms with Crippen LogP contribution in [0, 0.1) is 13.8 Å². The first-order valence-electron chi connectivity index (χ1n) is 11.6. The number of fused-ring (bicyclic) bond motifs is 1. The average Bonchev–Trinajstić information content (AvgIpc) is 2.90.